The molecule has 7 N–H and O–H groups in total. The van der Waals surface area contributed by atoms with Crippen molar-refractivity contribution in [2.24, 2.45) is 11.5 Å². The van der Waals surface area contributed by atoms with Crippen molar-refractivity contribution in [1.29, 1.82) is 0 Å². The van der Waals surface area contributed by atoms with Crippen LogP contribution in [0.2, 0.25) is 0 Å². The molecule has 0 saturated heterocycles. The van der Waals surface area contributed by atoms with E-state index in [4.69, 9.17) is 30.4 Å². The third-order valence-corrected chi connectivity index (χ3v) is 4.73. The predicted octanol–water partition coefficient (Wildman–Crippen LogP) is -1.14. The number of hydrogen-bond donors (Lipinski definition) is 5. The Labute approximate surface area is 211 Å². The van der Waals surface area contributed by atoms with Crippen LogP contribution in [0.1, 0.15) is 25.7 Å². The lowest BCUT2D eigenvalue weighted by Gasteiger charge is -2.18. The van der Waals surface area contributed by atoms with E-state index >= 15 is 0 Å². The summed E-state index contributed by atoms with van der Waals surface area (Å²) >= 11 is 0. The number of nitrogens with one attached hydrogen (secondary N) is 3. The average Bonchev–Trinajstić information content (AvgIpc) is 2.87. The molecule has 0 aromatic carbocycles. The number of carbonyl (C=O) groups excluding carboxylic acids is 4. The first-order valence-corrected chi connectivity index (χ1v) is 12.0. The van der Waals surface area contributed by atoms with Crippen LogP contribution in [-0.2, 0) is 33.3 Å². The minimum atomic E-state index is -1.09. The van der Waals surface area contributed by atoms with Gasteiger partial charge in [-0.15, -0.1) is 0 Å². The van der Waals surface area contributed by atoms with E-state index in [2.05, 4.69) is 16.0 Å². The minimum Gasteiger partial charge on any atom is -0.445 e. The van der Waals surface area contributed by atoms with Gasteiger partial charge in [0.25, 0.3) is 0 Å². The monoisotopic (exact) mass is 513 g/mol. The van der Waals surface area contributed by atoms with E-state index in [1.165, 1.54) is 0 Å². The van der Waals surface area contributed by atoms with Crippen molar-refractivity contribution in [2.45, 2.75) is 31.7 Å². The zero-order valence-corrected chi connectivity index (χ0v) is 20.6. The summed E-state index contributed by atoms with van der Waals surface area (Å²) in [7, 11) is 0. The van der Waals surface area contributed by atoms with Crippen molar-refractivity contribution in [3.05, 3.63) is 23.8 Å². The SMILES string of the molecule is NCCOCCOCCOCCNC(=O)CNC(=O)[C@H](CCC(N)=O)NC(=O)OCC1=CCCC=C1. The molecule has 1 aliphatic rings. The first-order chi connectivity index (χ1) is 17.4. The summed E-state index contributed by atoms with van der Waals surface area (Å²) in [6.07, 6.45) is 6.65. The predicted molar refractivity (Wildman–Crippen MR) is 131 cm³/mol. The maximum absolute atomic E-state index is 12.5. The maximum Gasteiger partial charge on any atom is 0.408 e. The molecule has 0 unspecified atom stereocenters. The fourth-order valence-corrected chi connectivity index (χ4v) is 2.90. The quantitative estimate of drug-likeness (QED) is 0.125. The van der Waals surface area contributed by atoms with Gasteiger partial charge in [0.05, 0.1) is 46.2 Å². The summed E-state index contributed by atoms with van der Waals surface area (Å²) in [5, 5.41) is 7.45. The summed E-state index contributed by atoms with van der Waals surface area (Å²) in [4.78, 5) is 47.7. The van der Waals surface area contributed by atoms with Gasteiger partial charge in [-0.2, -0.15) is 0 Å². The summed E-state index contributed by atoms with van der Waals surface area (Å²) in [6.45, 7) is 2.90. The van der Waals surface area contributed by atoms with Gasteiger partial charge in [0, 0.05) is 19.5 Å². The fourth-order valence-electron chi connectivity index (χ4n) is 2.90. The largest absolute Gasteiger partial charge is 0.445 e. The van der Waals surface area contributed by atoms with Gasteiger partial charge >= 0.3 is 6.09 Å². The summed E-state index contributed by atoms with van der Waals surface area (Å²) in [5.74, 6) is -1.69. The Morgan fingerprint density at radius 3 is 2.28 bits per heavy atom. The molecule has 1 aliphatic carbocycles. The second-order valence-electron chi connectivity index (χ2n) is 7.73. The molecule has 4 amide bonds. The number of ether oxygens (including phenoxy) is 4. The van der Waals surface area contributed by atoms with Crippen molar-refractivity contribution >= 4 is 23.8 Å². The third kappa shape index (κ3) is 16.6. The van der Waals surface area contributed by atoms with E-state index in [-0.39, 0.29) is 39.1 Å². The van der Waals surface area contributed by atoms with Gasteiger partial charge in [-0.1, -0.05) is 18.2 Å². The number of carbonyl (C=O) groups is 4. The van der Waals surface area contributed by atoms with E-state index in [9.17, 15) is 19.2 Å². The topological polar surface area (TPSA) is 193 Å². The lowest BCUT2D eigenvalue weighted by molar-refractivity contribution is -0.127. The molecule has 0 radical (unpaired) electrons. The Hall–Kier alpha value is -3.00. The summed E-state index contributed by atoms with van der Waals surface area (Å²) in [6, 6.07) is -1.09. The number of alkyl carbamates (subject to hydrolysis) is 1. The van der Waals surface area contributed by atoms with E-state index in [1.807, 2.05) is 18.2 Å². The standard InChI is InChI=1S/C23H39N5O8/c24-8-10-33-12-14-35-15-13-34-11-9-26-21(30)16-27-22(31)19(6-7-20(25)29)28-23(32)36-17-18-4-2-1-3-5-18/h2,4-5,19H,1,3,6-17,24H2,(H2,25,29)(H,26,30)(H,27,31)(H,28,32)/t19-/m0/s1. The third-order valence-electron chi connectivity index (χ3n) is 4.73. The Morgan fingerprint density at radius 1 is 0.944 bits per heavy atom. The van der Waals surface area contributed by atoms with E-state index in [0.717, 1.165) is 18.4 Å². The molecule has 0 aromatic heterocycles. The highest BCUT2D eigenvalue weighted by molar-refractivity contribution is 5.89. The average molecular weight is 514 g/mol. The molecular weight excluding hydrogens is 474 g/mol. The number of primary amides is 1. The summed E-state index contributed by atoms with van der Waals surface area (Å²) in [5.41, 5.74) is 11.3. The Morgan fingerprint density at radius 2 is 1.64 bits per heavy atom. The smallest absolute Gasteiger partial charge is 0.408 e. The first-order valence-electron chi connectivity index (χ1n) is 12.0. The van der Waals surface area contributed by atoms with Crippen LogP contribution in [-0.4, -0.2) is 95.7 Å². The van der Waals surface area contributed by atoms with Crippen molar-refractivity contribution in [3.8, 4) is 0 Å². The number of amides is 4. The number of nitrogens with two attached hydrogens (primary N) is 2. The lowest BCUT2D eigenvalue weighted by atomic mass is 10.1. The molecule has 0 aromatic rings. The second kappa shape index (κ2) is 20.2. The maximum atomic E-state index is 12.5. The molecule has 1 rings (SSSR count). The van der Waals surface area contributed by atoms with Crippen LogP contribution in [0.4, 0.5) is 4.79 Å². The van der Waals surface area contributed by atoms with Crippen molar-refractivity contribution < 1.29 is 38.1 Å². The van der Waals surface area contributed by atoms with Crippen molar-refractivity contribution in [2.75, 3.05) is 65.9 Å². The van der Waals surface area contributed by atoms with Gasteiger partial charge in [0.2, 0.25) is 17.7 Å². The molecule has 13 heteroatoms. The Balaban J connectivity index is 2.23. The van der Waals surface area contributed by atoms with Crippen molar-refractivity contribution in [1.82, 2.24) is 16.0 Å². The number of hydrogen-bond acceptors (Lipinski definition) is 9. The van der Waals surface area contributed by atoms with Crippen LogP contribution in [0.15, 0.2) is 23.8 Å². The summed E-state index contributed by atoms with van der Waals surface area (Å²) < 4.78 is 20.9. The second-order valence-corrected chi connectivity index (χ2v) is 7.73. The van der Waals surface area contributed by atoms with Gasteiger partial charge in [-0.3, -0.25) is 14.4 Å². The van der Waals surface area contributed by atoms with E-state index in [0.29, 0.717) is 39.6 Å². The van der Waals surface area contributed by atoms with E-state index in [1.54, 1.807) is 0 Å². The highest BCUT2D eigenvalue weighted by Gasteiger charge is 2.22. The molecule has 204 valence electrons. The zero-order chi connectivity index (χ0) is 26.4. The van der Waals surface area contributed by atoms with Crippen LogP contribution in [0.3, 0.4) is 0 Å². The van der Waals surface area contributed by atoms with Crippen molar-refractivity contribution in [3.63, 3.8) is 0 Å². The molecule has 0 bridgehead atoms. The highest BCUT2D eigenvalue weighted by Crippen LogP contribution is 2.09. The first kappa shape index (κ1) is 31.0. The lowest BCUT2D eigenvalue weighted by Crippen LogP contribution is -2.49. The fraction of sp³-hybridized carbons (Fsp3) is 0.652. The highest BCUT2D eigenvalue weighted by atomic mass is 16.6. The number of rotatable bonds is 20. The Kier molecular flexibility index (Phi) is 17.4. The molecule has 13 nitrogen and oxygen atoms in total. The molecule has 0 heterocycles. The normalized spacial score (nSPS) is 13.4. The van der Waals surface area contributed by atoms with Crippen LogP contribution < -0.4 is 27.4 Å². The van der Waals surface area contributed by atoms with Gasteiger partial charge in [0.1, 0.15) is 12.6 Å². The number of allylic oxidation sites excluding steroid dienone is 2. The molecular formula is C23H39N5O8. The minimum absolute atomic E-state index is 0.0322. The molecule has 36 heavy (non-hydrogen) atoms. The zero-order valence-electron chi connectivity index (χ0n) is 20.6. The molecule has 0 fully saturated rings. The van der Waals surface area contributed by atoms with Gasteiger partial charge in [-0.25, -0.2) is 4.79 Å². The van der Waals surface area contributed by atoms with Crippen LogP contribution in [0, 0.1) is 0 Å². The van der Waals surface area contributed by atoms with Gasteiger partial charge < -0.3 is 46.4 Å². The Bertz CT molecular complexity index is 744. The van der Waals surface area contributed by atoms with Crippen LogP contribution >= 0.6 is 0 Å². The molecule has 0 aliphatic heterocycles. The van der Waals surface area contributed by atoms with Gasteiger partial charge in [-0.05, 0) is 24.8 Å². The molecule has 0 saturated carbocycles. The van der Waals surface area contributed by atoms with E-state index < -0.39 is 29.9 Å². The van der Waals surface area contributed by atoms with Crippen LogP contribution in [0.25, 0.3) is 0 Å². The van der Waals surface area contributed by atoms with Gasteiger partial charge in [0.15, 0.2) is 0 Å². The van der Waals surface area contributed by atoms with Crippen LogP contribution in [0.5, 0.6) is 0 Å². The molecule has 1 atom stereocenters. The molecule has 0 spiro atoms.